The first-order chi connectivity index (χ1) is 16.9. The average Bonchev–Trinajstić information content (AvgIpc) is 3.49. The third-order valence-corrected chi connectivity index (χ3v) is 7.06. The van der Waals surface area contributed by atoms with E-state index in [0.717, 1.165) is 17.0 Å². The number of benzene rings is 2. The molecule has 3 aromatic heterocycles. The van der Waals surface area contributed by atoms with Gasteiger partial charge in [0.25, 0.3) is 0 Å². The standard InChI is InChI=1S/C26H25ClN6OS/c1-16-7-9-19(12-17(16)2)33(14-20-6-5-11-35-20)26-30-24(23-25(31-26)32(3)15-28-23)29-18-8-10-22(34-4)21(27)13-18/h5-13,15H,14H2,1-4H3,(H,29,30,31). The van der Waals surface area contributed by atoms with E-state index in [1.165, 1.54) is 16.0 Å². The van der Waals surface area contributed by atoms with Gasteiger partial charge in [0.15, 0.2) is 17.0 Å². The molecule has 0 saturated heterocycles. The maximum atomic E-state index is 6.36. The van der Waals surface area contributed by atoms with Crippen molar-refractivity contribution in [3.63, 3.8) is 0 Å². The van der Waals surface area contributed by atoms with Crippen LogP contribution in [0.3, 0.4) is 0 Å². The Bertz CT molecular complexity index is 1500. The predicted octanol–water partition coefficient (Wildman–Crippen LogP) is 6.79. The van der Waals surface area contributed by atoms with Gasteiger partial charge in [-0.2, -0.15) is 9.97 Å². The molecule has 178 valence electrons. The zero-order valence-corrected chi connectivity index (χ0v) is 21.5. The number of nitrogens with one attached hydrogen (secondary N) is 1. The molecule has 2 aromatic carbocycles. The lowest BCUT2D eigenvalue weighted by Crippen LogP contribution is -2.19. The zero-order chi connectivity index (χ0) is 24.5. The second-order valence-electron chi connectivity index (χ2n) is 8.31. The number of hydrogen-bond acceptors (Lipinski definition) is 7. The van der Waals surface area contributed by atoms with Crippen LogP contribution in [0.15, 0.2) is 60.2 Å². The summed E-state index contributed by atoms with van der Waals surface area (Å²) in [7, 11) is 3.52. The van der Waals surface area contributed by atoms with Gasteiger partial charge in [-0.05, 0) is 66.8 Å². The Hall–Kier alpha value is -3.62. The van der Waals surface area contributed by atoms with Crippen LogP contribution in [0.2, 0.25) is 5.02 Å². The molecule has 9 heteroatoms. The van der Waals surface area contributed by atoms with Crippen molar-refractivity contribution in [2.75, 3.05) is 17.3 Å². The van der Waals surface area contributed by atoms with Gasteiger partial charge in [0.1, 0.15) is 5.75 Å². The first-order valence-electron chi connectivity index (χ1n) is 11.1. The van der Waals surface area contributed by atoms with Crippen molar-refractivity contribution in [3.8, 4) is 5.75 Å². The van der Waals surface area contributed by atoms with Crippen molar-refractivity contribution in [2.24, 2.45) is 7.05 Å². The van der Waals surface area contributed by atoms with Crippen LogP contribution >= 0.6 is 22.9 Å². The summed E-state index contributed by atoms with van der Waals surface area (Å²) in [5, 5.41) is 5.98. The molecule has 0 spiro atoms. The Balaban J connectivity index is 1.63. The minimum absolute atomic E-state index is 0.512. The van der Waals surface area contributed by atoms with Gasteiger partial charge in [-0.25, -0.2) is 4.98 Å². The number of ether oxygens (including phenoxy) is 1. The summed E-state index contributed by atoms with van der Waals surface area (Å²) in [6, 6.07) is 16.1. The largest absolute Gasteiger partial charge is 0.495 e. The minimum Gasteiger partial charge on any atom is -0.495 e. The fourth-order valence-electron chi connectivity index (χ4n) is 3.81. The van der Waals surface area contributed by atoms with E-state index in [1.807, 2.05) is 29.8 Å². The molecule has 0 amide bonds. The molecule has 0 unspecified atom stereocenters. The van der Waals surface area contributed by atoms with E-state index in [-0.39, 0.29) is 0 Å². The maximum Gasteiger partial charge on any atom is 0.234 e. The van der Waals surface area contributed by atoms with E-state index in [4.69, 9.17) is 26.3 Å². The van der Waals surface area contributed by atoms with Crippen molar-refractivity contribution in [1.29, 1.82) is 0 Å². The molecular weight excluding hydrogens is 480 g/mol. The van der Waals surface area contributed by atoms with Crippen LogP contribution in [-0.4, -0.2) is 26.6 Å². The summed E-state index contributed by atoms with van der Waals surface area (Å²) in [4.78, 5) is 17.8. The lowest BCUT2D eigenvalue weighted by molar-refractivity contribution is 0.415. The molecule has 35 heavy (non-hydrogen) atoms. The van der Waals surface area contributed by atoms with Gasteiger partial charge in [-0.3, -0.25) is 0 Å². The zero-order valence-electron chi connectivity index (χ0n) is 19.9. The Morgan fingerprint density at radius 3 is 2.66 bits per heavy atom. The van der Waals surface area contributed by atoms with E-state index >= 15 is 0 Å². The fraction of sp³-hybridized carbons (Fsp3) is 0.192. The Morgan fingerprint density at radius 2 is 1.94 bits per heavy atom. The molecule has 0 aliphatic carbocycles. The average molecular weight is 505 g/mol. The monoisotopic (exact) mass is 504 g/mol. The number of hydrogen-bond donors (Lipinski definition) is 1. The van der Waals surface area contributed by atoms with Gasteiger partial charge in [-0.1, -0.05) is 23.7 Å². The molecule has 5 rings (SSSR count). The number of fused-ring (bicyclic) bond motifs is 1. The number of anilines is 4. The number of thiophene rings is 1. The summed E-state index contributed by atoms with van der Waals surface area (Å²) in [6.07, 6.45) is 1.74. The van der Waals surface area contributed by atoms with Crippen LogP contribution < -0.4 is 15.0 Å². The maximum absolute atomic E-state index is 6.36. The highest BCUT2D eigenvalue weighted by molar-refractivity contribution is 7.09. The van der Waals surface area contributed by atoms with Crippen molar-refractivity contribution >= 4 is 57.2 Å². The molecule has 0 bridgehead atoms. The number of halogens is 1. The summed E-state index contributed by atoms with van der Waals surface area (Å²) < 4.78 is 7.18. The van der Waals surface area contributed by atoms with E-state index in [9.17, 15) is 0 Å². The van der Waals surface area contributed by atoms with Crippen LogP contribution in [0.25, 0.3) is 11.2 Å². The van der Waals surface area contributed by atoms with E-state index in [0.29, 0.717) is 34.6 Å². The highest BCUT2D eigenvalue weighted by Gasteiger charge is 2.20. The van der Waals surface area contributed by atoms with E-state index in [1.54, 1.807) is 24.8 Å². The van der Waals surface area contributed by atoms with Gasteiger partial charge in [0.05, 0.1) is 25.0 Å². The van der Waals surface area contributed by atoms with Gasteiger partial charge in [0, 0.05) is 23.3 Å². The third kappa shape index (κ3) is 4.67. The quantitative estimate of drug-likeness (QED) is 0.263. The third-order valence-electron chi connectivity index (χ3n) is 5.90. The second-order valence-corrected chi connectivity index (χ2v) is 9.75. The summed E-state index contributed by atoms with van der Waals surface area (Å²) in [5.41, 5.74) is 5.68. The second kappa shape index (κ2) is 9.56. The number of nitrogens with zero attached hydrogens (tertiary/aromatic N) is 5. The smallest absolute Gasteiger partial charge is 0.234 e. The van der Waals surface area contributed by atoms with Crippen LogP contribution in [0.1, 0.15) is 16.0 Å². The van der Waals surface area contributed by atoms with Crippen LogP contribution in [0, 0.1) is 13.8 Å². The number of imidazole rings is 1. The minimum atomic E-state index is 0.512. The van der Waals surface area contributed by atoms with Crippen LogP contribution in [0.5, 0.6) is 5.75 Å². The topological polar surface area (TPSA) is 68.1 Å². The number of aryl methyl sites for hydroxylation is 3. The molecule has 5 aromatic rings. The molecule has 0 aliphatic heterocycles. The molecule has 0 aliphatic rings. The normalized spacial score (nSPS) is 11.1. The molecule has 3 heterocycles. The molecule has 0 saturated carbocycles. The Kier molecular flexibility index (Phi) is 6.32. The highest BCUT2D eigenvalue weighted by atomic mass is 35.5. The Labute approximate surface area is 213 Å². The highest BCUT2D eigenvalue weighted by Crippen LogP contribution is 2.33. The summed E-state index contributed by atoms with van der Waals surface area (Å²) in [5.74, 6) is 1.80. The molecular formula is C26H25ClN6OS. The fourth-order valence-corrected chi connectivity index (χ4v) is 4.76. The predicted molar refractivity (Wildman–Crippen MR) is 144 cm³/mol. The Morgan fingerprint density at radius 1 is 1.09 bits per heavy atom. The molecule has 0 atom stereocenters. The van der Waals surface area contributed by atoms with Crippen LogP contribution in [-0.2, 0) is 13.6 Å². The number of rotatable bonds is 7. The van der Waals surface area contributed by atoms with Gasteiger partial charge in [0.2, 0.25) is 5.95 Å². The molecule has 1 N–H and O–H groups in total. The van der Waals surface area contributed by atoms with E-state index < -0.39 is 0 Å². The van der Waals surface area contributed by atoms with Crippen molar-refractivity contribution in [1.82, 2.24) is 19.5 Å². The van der Waals surface area contributed by atoms with Gasteiger partial charge < -0.3 is 19.5 Å². The summed E-state index contributed by atoms with van der Waals surface area (Å²) >= 11 is 8.07. The van der Waals surface area contributed by atoms with Crippen molar-refractivity contribution < 1.29 is 4.74 Å². The van der Waals surface area contributed by atoms with E-state index in [2.05, 4.69) is 64.8 Å². The molecule has 0 fully saturated rings. The number of aromatic nitrogens is 4. The molecule has 0 radical (unpaired) electrons. The van der Waals surface area contributed by atoms with Gasteiger partial charge in [-0.15, -0.1) is 11.3 Å². The van der Waals surface area contributed by atoms with Crippen LogP contribution in [0.4, 0.5) is 23.1 Å². The summed E-state index contributed by atoms with van der Waals surface area (Å²) in [6.45, 7) is 4.88. The van der Waals surface area contributed by atoms with Gasteiger partial charge >= 0.3 is 0 Å². The first-order valence-corrected chi connectivity index (χ1v) is 12.4. The van der Waals surface area contributed by atoms with Crippen molar-refractivity contribution in [3.05, 3.63) is 81.3 Å². The number of methoxy groups -OCH3 is 1. The SMILES string of the molecule is COc1ccc(Nc2nc(N(Cc3cccs3)c3ccc(C)c(C)c3)nc3c2ncn3C)cc1Cl. The lowest BCUT2D eigenvalue weighted by Gasteiger charge is -2.24. The lowest BCUT2D eigenvalue weighted by atomic mass is 10.1. The molecule has 7 nitrogen and oxygen atoms in total. The van der Waals surface area contributed by atoms with Crippen molar-refractivity contribution in [2.45, 2.75) is 20.4 Å². The first kappa shape index (κ1) is 23.1.